The van der Waals surface area contributed by atoms with Crippen LogP contribution in [0.1, 0.15) is 23.8 Å². The second-order valence-electron chi connectivity index (χ2n) is 5.64. The Morgan fingerprint density at radius 3 is 2.40 bits per heavy atom. The van der Waals surface area contributed by atoms with Crippen LogP contribution in [0.5, 0.6) is 5.75 Å². The van der Waals surface area contributed by atoms with E-state index in [1.54, 1.807) is 13.0 Å². The summed E-state index contributed by atoms with van der Waals surface area (Å²) in [6, 6.07) is 1.75. The zero-order valence-corrected chi connectivity index (χ0v) is 13.6. The highest BCUT2D eigenvalue weighted by Crippen LogP contribution is 2.39. The Morgan fingerprint density at radius 1 is 1.16 bits per heavy atom. The maximum absolute atomic E-state index is 13.6. The van der Waals surface area contributed by atoms with Crippen LogP contribution in [0.2, 0.25) is 0 Å². The van der Waals surface area contributed by atoms with Gasteiger partial charge >= 0.3 is 5.97 Å². The van der Waals surface area contributed by atoms with E-state index in [9.17, 15) is 26.7 Å². The van der Waals surface area contributed by atoms with Gasteiger partial charge in [0.15, 0.2) is 0 Å². The first-order valence-electron chi connectivity index (χ1n) is 7.17. The Labute approximate surface area is 143 Å². The van der Waals surface area contributed by atoms with Gasteiger partial charge in [0.1, 0.15) is 5.60 Å². The number of hydrogen-bond acceptors (Lipinski definition) is 4. The largest absolute Gasteiger partial charge is 0.420 e. The van der Waals surface area contributed by atoms with Gasteiger partial charge in [-0.25, -0.2) is 13.2 Å². The third-order valence-electron chi connectivity index (χ3n) is 3.93. The summed E-state index contributed by atoms with van der Waals surface area (Å²) in [6.45, 7) is 1.93. The number of thiophene rings is 1. The molecule has 1 aliphatic rings. The van der Waals surface area contributed by atoms with E-state index >= 15 is 0 Å². The van der Waals surface area contributed by atoms with Gasteiger partial charge < -0.3 is 9.47 Å². The number of esters is 1. The molecular formula is C16H11F5O3S. The number of fused-ring (bicyclic) bond motifs is 1. The Kier molecular flexibility index (Phi) is 4.54. The molecule has 1 aromatic heterocycles. The summed E-state index contributed by atoms with van der Waals surface area (Å²) in [4.78, 5) is 13.1. The summed E-state index contributed by atoms with van der Waals surface area (Å²) in [6.07, 6.45) is 0.214. The van der Waals surface area contributed by atoms with Gasteiger partial charge in [-0.2, -0.15) is 8.78 Å². The predicted molar refractivity (Wildman–Crippen MR) is 77.8 cm³/mol. The third-order valence-corrected chi connectivity index (χ3v) is 4.91. The molecule has 0 saturated heterocycles. The Hall–Kier alpha value is -2.00. The van der Waals surface area contributed by atoms with Gasteiger partial charge in [0, 0.05) is 11.3 Å². The maximum Gasteiger partial charge on any atom is 0.314 e. The summed E-state index contributed by atoms with van der Waals surface area (Å²) in [5.74, 6) is -13.9. The molecule has 1 aliphatic heterocycles. The van der Waals surface area contributed by atoms with Crippen molar-refractivity contribution in [2.24, 2.45) is 0 Å². The molecule has 3 nitrogen and oxygen atoms in total. The van der Waals surface area contributed by atoms with Crippen molar-refractivity contribution in [3.8, 4) is 5.75 Å². The van der Waals surface area contributed by atoms with E-state index in [4.69, 9.17) is 4.74 Å². The first-order chi connectivity index (χ1) is 11.7. The molecule has 1 aromatic carbocycles. The SMILES string of the molecule is CC1(CC(=O)Oc2c(F)c(F)c(F)c(F)c2F)OCCc2sccc21. The van der Waals surface area contributed by atoms with Gasteiger partial charge in [-0.1, -0.05) is 0 Å². The maximum atomic E-state index is 13.6. The summed E-state index contributed by atoms with van der Waals surface area (Å²) >= 11 is 1.48. The van der Waals surface area contributed by atoms with Crippen LogP contribution in [0.4, 0.5) is 22.0 Å². The predicted octanol–water partition coefficient (Wildman–Crippen LogP) is 4.23. The smallest absolute Gasteiger partial charge is 0.314 e. The molecule has 25 heavy (non-hydrogen) atoms. The Morgan fingerprint density at radius 2 is 1.76 bits per heavy atom. The first-order valence-corrected chi connectivity index (χ1v) is 8.05. The molecule has 134 valence electrons. The first kappa shape index (κ1) is 17.8. The van der Waals surface area contributed by atoms with Crippen molar-refractivity contribution in [3.05, 3.63) is 51.0 Å². The summed E-state index contributed by atoms with van der Waals surface area (Å²) in [5, 5.41) is 1.81. The normalized spacial score (nSPS) is 19.6. The lowest BCUT2D eigenvalue weighted by atomic mass is 9.90. The van der Waals surface area contributed by atoms with Crippen molar-refractivity contribution in [1.82, 2.24) is 0 Å². The van der Waals surface area contributed by atoms with Gasteiger partial charge in [0.25, 0.3) is 0 Å². The number of halogens is 5. The van der Waals surface area contributed by atoms with Gasteiger partial charge in [-0.15, -0.1) is 11.3 Å². The van der Waals surface area contributed by atoms with Crippen LogP contribution in [0, 0.1) is 29.1 Å². The van der Waals surface area contributed by atoms with Crippen LogP contribution in [-0.2, 0) is 21.6 Å². The molecule has 9 heteroatoms. The fourth-order valence-corrected chi connectivity index (χ4v) is 3.68. The minimum atomic E-state index is -2.32. The fourth-order valence-electron chi connectivity index (χ4n) is 2.70. The van der Waals surface area contributed by atoms with E-state index in [-0.39, 0.29) is 0 Å². The van der Waals surface area contributed by atoms with Crippen LogP contribution in [0.3, 0.4) is 0 Å². The summed E-state index contributed by atoms with van der Waals surface area (Å²) < 4.78 is 76.6. The molecule has 3 rings (SSSR count). The van der Waals surface area contributed by atoms with Gasteiger partial charge in [0.2, 0.25) is 34.8 Å². The standard InChI is InChI=1S/C16H11F5O3S/c1-16(7-3-5-25-8(7)2-4-23-16)6-9(22)24-15-13(20)11(18)10(17)12(19)14(15)21/h3,5H,2,4,6H2,1H3. The van der Waals surface area contributed by atoms with Crippen LogP contribution < -0.4 is 4.74 Å². The van der Waals surface area contributed by atoms with Crippen molar-refractivity contribution < 1.29 is 36.2 Å². The van der Waals surface area contributed by atoms with Gasteiger partial charge in [-0.05, 0) is 23.9 Å². The zero-order chi connectivity index (χ0) is 18.4. The molecule has 2 aromatic rings. The van der Waals surface area contributed by atoms with Crippen molar-refractivity contribution in [2.45, 2.75) is 25.4 Å². The molecule has 0 radical (unpaired) electrons. The van der Waals surface area contributed by atoms with E-state index in [0.717, 1.165) is 10.4 Å². The number of rotatable bonds is 3. The molecule has 1 unspecified atom stereocenters. The Bertz CT molecular complexity index is 822. The highest BCUT2D eigenvalue weighted by Gasteiger charge is 2.38. The van der Waals surface area contributed by atoms with E-state index < -0.39 is 52.8 Å². The molecule has 0 amide bonds. The molecule has 0 saturated carbocycles. The van der Waals surface area contributed by atoms with E-state index in [1.807, 2.05) is 5.38 Å². The molecular weight excluding hydrogens is 367 g/mol. The lowest BCUT2D eigenvalue weighted by Gasteiger charge is -2.33. The van der Waals surface area contributed by atoms with Crippen molar-refractivity contribution in [3.63, 3.8) is 0 Å². The quantitative estimate of drug-likeness (QED) is 0.264. The molecule has 2 heterocycles. The average Bonchev–Trinajstić information content (AvgIpc) is 3.05. The molecule has 0 N–H and O–H groups in total. The lowest BCUT2D eigenvalue weighted by Crippen LogP contribution is -2.35. The highest BCUT2D eigenvalue weighted by atomic mass is 32.1. The van der Waals surface area contributed by atoms with Crippen LogP contribution in [-0.4, -0.2) is 12.6 Å². The lowest BCUT2D eigenvalue weighted by molar-refractivity contribution is -0.144. The number of benzene rings is 1. The molecule has 0 spiro atoms. The third kappa shape index (κ3) is 3.02. The average molecular weight is 378 g/mol. The van der Waals surface area contributed by atoms with Crippen LogP contribution in [0.25, 0.3) is 0 Å². The van der Waals surface area contributed by atoms with E-state index in [1.165, 1.54) is 11.3 Å². The molecule has 0 fully saturated rings. The monoisotopic (exact) mass is 378 g/mol. The van der Waals surface area contributed by atoms with Crippen molar-refractivity contribution in [1.29, 1.82) is 0 Å². The van der Waals surface area contributed by atoms with Gasteiger partial charge in [-0.3, -0.25) is 4.79 Å². The Balaban J connectivity index is 1.86. The highest BCUT2D eigenvalue weighted by molar-refractivity contribution is 7.10. The zero-order valence-electron chi connectivity index (χ0n) is 12.8. The topological polar surface area (TPSA) is 35.5 Å². The second kappa shape index (κ2) is 6.38. The second-order valence-corrected chi connectivity index (χ2v) is 6.64. The van der Waals surface area contributed by atoms with Crippen molar-refractivity contribution in [2.75, 3.05) is 6.61 Å². The summed E-state index contributed by atoms with van der Waals surface area (Å²) in [5.41, 5.74) is -0.368. The number of hydrogen-bond donors (Lipinski definition) is 0. The van der Waals surface area contributed by atoms with E-state index in [0.29, 0.717) is 13.0 Å². The van der Waals surface area contributed by atoms with Crippen LogP contribution in [0.15, 0.2) is 11.4 Å². The van der Waals surface area contributed by atoms with Crippen molar-refractivity contribution >= 4 is 17.3 Å². The number of carbonyl (C=O) groups is 1. The minimum absolute atomic E-state index is 0.333. The summed E-state index contributed by atoms with van der Waals surface area (Å²) in [7, 11) is 0. The number of carbonyl (C=O) groups excluding carboxylic acids is 1. The fraction of sp³-hybridized carbons (Fsp3) is 0.312. The minimum Gasteiger partial charge on any atom is -0.420 e. The number of ether oxygens (including phenoxy) is 2. The molecule has 0 bridgehead atoms. The molecule has 0 aliphatic carbocycles. The van der Waals surface area contributed by atoms with Gasteiger partial charge in [0.05, 0.1) is 13.0 Å². The molecule has 1 atom stereocenters. The van der Waals surface area contributed by atoms with E-state index in [2.05, 4.69) is 4.74 Å². The van der Waals surface area contributed by atoms with Crippen LogP contribution >= 0.6 is 11.3 Å².